The van der Waals surface area contributed by atoms with Crippen molar-refractivity contribution < 1.29 is 4.42 Å². The minimum Gasteiger partial charge on any atom is -0.0602 e. The summed E-state index contributed by atoms with van der Waals surface area (Å²) >= 11 is 0.318. The Kier molecular flexibility index (Phi) is 6.57. The zero-order valence-electron chi connectivity index (χ0n) is 28.0. The van der Waals surface area contributed by atoms with E-state index in [4.69, 9.17) is 4.42 Å². The van der Waals surface area contributed by atoms with Gasteiger partial charge in [0.15, 0.2) is 0 Å². The second-order valence-electron chi connectivity index (χ2n) is 13.4. The molecule has 244 valence electrons. The predicted molar refractivity (Wildman–Crippen MR) is 220 cm³/mol. The van der Waals surface area contributed by atoms with E-state index >= 15 is 0 Å². The summed E-state index contributed by atoms with van der Waals surface area (Å²) in [5, 5.41) is 7.46. The smallest absolute Gasteiger partial charge is 0.0602 e. The Hall–Kier alpha value is -6.32. The molecule has 0 fully saturated rings. The van der Waals surface area contributed by atoms with Gasteiger partial charge in [-0.05, 0) is 18.2 Å². The second-order valence-corrected chi connectivity index (χ2v) is 15.6. The van der Waals surface area contributed by atoms with Crippen LogP contribution in [0.2, 0.25) is 0 Å². The van der Waals surface area contributed by atoms with Crippen LogP contribution in [0.4, 0.5) is 17.1 Å². The van der Waals surface area contributed by atoms with Gasteiger partial charge in [-0.25, -0.2) is 0 Å². The fourth-order valence-corrected chi connectivity index (χ4v) is 10.2. The molecule has 0 spiro atoms. The number of furan rings is 1. The number of hydrogen-bond donors (Lipinski definition) is 0. The van der Waals surface area contributed by atoms with Crippen molar-refractivity contribution in [3.8, 4) is 16.8 Å². The van der Waals surface area contributed by atoms with Crippen molar-refractivity contribution in [3.05, 3.63) is 182 Å². The summed E-state index contributed by atoms with van der Waals surface area (Å²) in [6.07, 6.45) is 0. The Balaban J connectivity index is 1.07. The van der Waals surface area contributed by atoms with Crippen molar-refractivity contribution in [2.24, 2.45) is 0 Å². The Labute approximate surface area is 305 Å². The van der Waals surface area contributed by atoms with Gasteiger partial charge in [0.2, 0.25) is 0 Å². The van der Waals surface area contributed by atoms with Gasteiger partial charge in [-0.2, -0.15) is 0 Å². The van der Waals surface area contributed by atoms with E-state index < -0.39 is 0 Å². The fourth-order valence-electron chi connectivity index (χ4n) is 7.96. The van der Waals surface area contributed by atoms with Crippen LogP contribution >= 0.6 is 0 Å². The van der Waals surface area contributed by atoms with Gasteiger partial charge in [-0.15, -0.1) is 0 Å². The first kappa shape index (κ1) is 29.4. The zero-order chi connectivity index (χ0) is 34.2. The fraction of sp³-hybridized carbons (Fsp3) is 0. The Morgan fingerprint density at radius 2 is 1.00 bits per heavy atom. The molecule has 8 aromatic carbocycles. The maximum absolute atomic E-state index is 6.23. The van der Waals surface area contributed by atoms with Gasteiger partial charge >= 0.3 is 226 Å². The van der Waals surface area contributed by atoms with Crippen LogP contribution in [0.15, 0.2) is 186 Å². The van der Waals surface area contributed by atoms with Gasteiger partial charge < -0.3 is 4.57 Å². The summed E-state index contributed by atoms with van der Waals surface area (Å²) in [7, 11) is 0. The maximum atomic E-state index is 6.23. The number of nitrogens with zero attached hydrogens (tertiary/aromatic N) is 2. The van der Waals surface area contributed by atoms with Gasteiger partial charge in [0.1, 0.15) is 0 Å². The van der Waals surface area contributed by atoms with Crippen LogP contribution in [0.1, 0.15) is 0 Å². The summed E-state index contributed by atoms with van der Waals surface area (Å²) in [5.41, 5.74) is 11.1. The van der Waals surface area contributed by atoms with E-state index in [0.717, 1.165) is 44.7 Å². The molecule has 0 amide bonds. The molecule has 0 saturated heterocycles. The van der Waals surface area contributed by atoms with E-state index in [1.807, 2.05) is 12.1 Å². The van der Waals surface area contributed by atoms with Crippen molar-refractivity contribution >= 4 is 94.6 Å². The third kappa shape index (κ3) is 4.59. The standard InChI is InChI=1S/C48H30N2OSe/c1-2-10-33(11-3-1)50-43-15-7-4-12-37(43)38-25-20-32(28-44(38)50)31-18-21-34(22-19-31)49(35-23-26-46-41(29-35)39-13-5-8-16-45(39)51-46)36-24-27-48-42(30-36)40-14-6-9-17-47(40)52-48/h1-30H. The van der Waals surface area contributed by atoms with Gasteiger partial charge in [0.05, 0.1) is 5.52 Å². The molecule has 0 bridgehead atoms. The topological polar surface area (TPSA) is 21.3 Å². The van der Waals surface area contributed by atoms with E-state index in [0.29, 0.717) is 14.5 Å². The molecule has 0 N–H and O–H groups in total. The zero-order valence-corrected chi connectivity index (χ0v) is 29.7. The molecule has 4 heteroatoms. The Morgan fingerprint density at radius 1 is 0.385 bits per heavy atom. The van der Waals surface area contributed by atoms with Gasteiger partial charge in [-0.3, -0.25) is 0 Å². The SMILES string of the molecule is c1ccc(-n2c3ccccc3c3ccc(-c4ccc(N(c5ccc6oc7ccccc7c6c5)c5ccc6[se]c7ccccc7c6c5)cc4)cc32)cc1. The monoisotopic (exact) mass is 730 g/mol. The quantitative estimate of drug-likeness (QED) is 0.165. The summed E-state index contributed by atoms with van der Waals surface area (Å²) in [6.45, 7) is 0. The van der Waals surface area contributed by atoms with E-state index in [-0.39, 0.29) is 0 Å². The molecule has 0 aliphatic heterocycles. The molecule has 3 aromatic heterocycles. The molecule has 52 heavy (non-hydrogen) atoms. The summed E-state index contributed by atoms with van der Waals surface area (Å²) in [6, 6.07) is 66.0. The number of hydrogen-bond acceptors (Lipinski definition) is 2. The second kappa shape index (κ2) is 11.6. The molecule has 0 radical (unpaired) electrons. The van der Waals surface area contributed by atoms with Gasteiger partial charge in [0, 0.05) is 16.5 Å². The molecular weight excluding hydrogens is 700 g/mol. The molecule has 3 heterocycles. The van der Waals surface area contributed by atoms with Crippen LogP contribution in [0, 0.1) is 0 Å². The number of benzene rings is 8. The van der Waals surface area contributed by atoms with Crippen molar-refractivity contribution in [1.82, 2.24) is 4.57 Å². The third-order valence-corrected chi connectivity index (χ3v) is 12.8. The van der Waals surface area contributed by atoms with Crippen LogP contribution in [-0.4, -0.2) is 19.1 Å². The average Bonchev–Trinajstić information content (AvgIpc) is 3.87. The van der Waals surface area contributed by atoms with Crippen LogP contribution in [-0.2, 0) is 0 Å². The minimum absolute atomic E-state index is 0.318. The summed E-state index contributed by atoms with van der Waals surface area (Å²) in [5.74, 6) is 0. The number of fused-ring (bicyclic) bond motifs is 9. The van der Waals surface area contributed by atoms with Crippen molar-refractivity contribution in [2.75, 3.05) is 4.90 Å². The first-order chi connectivity index (χ1) is 25.8. The summed E-state index contributed by atoms with van der Waals surface area (Å²) < 4.78 is 11.5. The molecule has 0 atom stereocenters. The Morgan fingerprint density at radius 3 is 1.87 bits per heavy atom. The first-order valence-electron chi connectivity index (χ1n) is 17.6. The van der Waals surface area contributed by atoms with Crippen molar-refractivity contribution in [3.63, 3.8) is 0 Å². The van der Waals surface area contributed by atoms with Crippen LogP contribution < -0.4 is 4.90 Å². The number of aromatic nitrogens is 1. The predicted octanol–water partition coefficient (Wildman–Crippen LogP) is 13.2. The normalized spacial score (nSPS) is 11.8. The van der Waals surface area contributed by atoms with Crippen LogP contribution in [0.3, 0.4) is 0 Å². The molecule has 0 saturated carbocycles. The molecule has 11 rings (SSSR count). The molecule has 0 aliphatic rings. The molecule has 0 unspecified atom stereocenters. The van der Waals surface area contributed by atoms with Crippen LogP contribution in [0.5, 0.6) is 0 Å². The van der Waals surface area contributed by atoms with Crippen LogP contribution in [0.25, 0.3) is 79.9 Å². The van der Waals surface area contributed by atoms with E-state index in [1.165, 1.54) is 52.2 Å². The minimum atomic E-state index is 0.318. The molecule has 0 aliphatic carbocycles. The average molecular weight is 730 g/mol. The van der Waals surface area contributed by atoms with Crippen molar-refractivity contribution in [2.45, 2.75) is 0 Å². The van der Waals surface area contributed by atoms with E-state index in [9.17, 15) is 0 Å². The molecular formula is C48H30N2OSe. The van der Waals surface area contributed by atoms with Crippen molar-refractivity contribution in [1.29, 1.82) is 0 Å². The van der Waals surface area contributed by atoms with E-state index in [1.54, 1.807) is 0 Å². The van der Waals surface area contributed by atoms with Gasteiger partial charge in [0.25, 0.3) is 0 Å². The molecule has 3 nitrogen and oxygen atoms in total. The third-order valence-electron chi connectivity index (χ3n) is 10.4. The van der Waals surface area contributed by atoms with Gasteiger partial charge in [-0.1, -0.05) is 36.4 Å². The number of rotatable bonds is 5. The molecule has 11 aromatic rings. The number of para-hydroxylation sites is 3. The van der Waals surface area contributed by atoms with E-state index in [2.05, 4.69) is 179 Å². The number of anilines is 3. The Bertz CT molecular complexity index is 3020. The summed E-state index contributed by atoms with van der Waals surface area (Å²) in [4.78, 5) is 2.38. The first-order valence-corrected chi connectivity index (χ1v) is 19.3.